The maximum Gasteiger partial charge on any atom is 0.337 e. The van der Waals surface area contributed by atoms with Gasteiger partial charge in [0.2, 0.25) is 0 Å². The summed E-state index contributed by atoms with van der Waals surface area (Å²) in [5, 5.41) is 11.8. The van der Waals surface area contributed by atoms with Crippen LogP contribution in [0.25, 0.3) is 16.0 Å². The molecule has 1 aliphatic heterocycles. The van der Waals surface area contributed by atoms with Crippen molar-refractivity contribution in [2.45, 2.75) is 33.2 Å². The third-order valence-electron chi connectivity index (χ3n) is 6.72. The topological polar surface area (TPSA) is 106 Å². The number of ketones is 1. The number of nitrogens with zero attached hydrogens (tertiary/aromatic N) is 2. The molecule has 0 aliphatic carbocycles. The molecule has 1 unspecified atom stereocenters. The highest BCUT2D eigenvalue weighted by Gasteiger charge is 2.48. The number of carbonyl (C=O) groups is 3. The van der Waals surface area contributed by atoms with Crippen LogP contribution in [0.5, 0.6) is 5.75 Å². The molecule has 1 aromatic heterocycles. The first-order valence-corrected chi connectivity index (χ1v) is 13.7. The number of anilines is 1. The molecule has 0 bridgehead atoms. The summed E-state index contributed by atoms with van der Waals surface area (Å²) < 4.78 is 11.3. The number of Topliss-reactive ketones (excluding diaryl/α,β-unsaturated/α-hetero) is 1. The standard InChI is InChI=1S/C31H28N2O6S/c1-5-14-39-22-12-10-20(11-13-22)27(34)24-26(19-6-8-21(9-7-19)30(37)38-4)33(29(36)28(24)35)31-32-25-18(3)15-17(2)16-23(25)40-31/h6-13,15-16,26,34H,5,14H2,1-4H3/b27-24+. The van der Waals surface area contributed by atoms with E-state index in [-0.39, 0.29) is 11.3 Å². The number of hydrogen-bond donors (Lipinski definition) is 1. The molecule has 9 heteroatoms. The van der Waals surface area contributed by atoms with Crippen molar-refractivity contribution >= 4 is 50.1 Å². The van der Waals surface area contributed by atoms with E-state index in [2.05, 4.69) is 0 Å². The van der Waals surface area contributed by atoms with Crippen LogP contribution in [0.4, 0.5) is 5.13 Å². The SMILES string of the molecule is CCCOc1ccc(/C(O)=C2\C(=O)C(=O)N(c3nc4c(C)cc(C)cc4s3)C2c2ccc(C(=O)OC)cc2)cc1. The molecule has 3 aromatic carbocycles. The molecule has 0 spiro atoms. The van der Waals surface area contributed by atoms with Gasteiger partial charge in [-0.3, -0.25) is 14.5 Å². The van der Waals surface area contributed by atoms with Gasteiger partial charge >= 0.3 is 11.9 Å². The number of amides is 1. The largest absolute Gasteiger partial charge is 0.507 e. The number of methoxy groups -OCH3 is 1. The molecular formula is C31H28N2O6S. The molecule has 0 radical (unpaired) electrons. The van der Waals surface area contributed by atoms with Gasteiger partial charge in [-0.25, -0.2) is 9.78 Å². The fraction of sp³-hybridized carbons (Fsp3) is 0.226. The van der Waals surface area contributed by atoms with Crippen LogP contribution in [-0.4, -0.2) is 41.5 Å². The molecule has 1 amide bonds. The van der Waals surface area contributed by atoms with Gasteiger partial charge < -0.3 is 14.6 Å². The van der Waals surface area contributed by atoms with Crippen molar-refractivity contribution in [3.63, 3.8) is 0 Å². The zero-order chi connectivity index (χ0) is 28.6. The Morgan fingerprint density at radius 1 is 1.02 bits per heavy atom. The van der Waals surface area contributed by atoms with E-state index in [9.17, 15) is 19.5 Å². The summed E-state index contributed by atoms with van der Waals surface area (Å²) in [7, 11) is 1.29. The number of esters is 1. The number of fused-ring (bicyclic) bond motifs is 1. The molecule has 0 saturated carbocycles. The quantitative estimate of drug-likeness (QED) is 0.127. The van der Waals surface area contributed by atoms with E-state index in [1.54, 1.807) is 48.5 Å². The second-order valence-electron chi connectivity index (χ2n) is 9.58. The van der Waals surface area contributed by atoms with Crippen molar-refractivity contribution in [3.05, 3.63) is 94.1 Å². The molecule has 8 nitrogen and oxygen atoms in total. The van der Waals surface area contributed by atoms with Gasteiger partial charge in [-0.1, -0.05) is 36.5 Å². The van der Waals surface area contributed by atoms with Crippen LogP contribution in [0.3, 0.4) is 0 Å². The number of thiazole rings is 1. The molecule has 2 heterocycles. The van der Waals surface area contributed by atoms with E-state index in [4.69, 9.17) is 14.5 Å². The molecule has 1 atom stereocenters. The number of aromatic nitrogens is 1. The van der Waals surface area contributed by atoms with Crippen LogP contribution in [-0.2, 0) is 14.3 Å². The van der Waals surface area contributed by atoms with Crippen molar-refractivity contribution in [3.8, 4) is 5.75 Å². The minimum atomic E-state index is -0.968. The Labute approximate surface area is 235 Å². The summed E-state index contributed by atoms with van der Waals surface area (Å²) in [6, 6.07) is 16.2. The number of ether oxygens (including phenoxy) is 2. The lowest BCUT2D eigenvalue weighted by atomic mass is 9.94. The van der Waals surface area contributed by atoms with Crippen molar-refractivity contribution < 1.29 is 29.0 Å². The third-order valence-corrected chi connectivity index (χ3v) is 7.72. The van der Waals surface area contributed by atoms with Crippen LogP contribution in [0.15, 0.2) is 66.2 Å². The van der Waals surface area contributed by atoms with E-state index < -0.39 is 23.7 Å². The molecule has 1 N–H and O–H groups in total. The highest BCUT2D eigenvalue weighted by molar-refractivity contribution is 7.22. The highest BCUT2D eigenvalue weighted by atomic mass is 32.1. The van der Waals surface area contributed by atoms with Crippen molar-refractivity contribution in [1.29, 1.82) is 0 Å². The van der Waals surface area contributed by atoms with Gasteiger partial charge in [0.15, 0.2) is 5.13 Å². The average Bonchev–Trinajstić information content (AvgIpc) is 3.49. The van der Waals surface area contributed by atoms with Crippen LogP contribution in [0.2, 0.25) is 0 Å². The zero-order valence-corrected chi connectivity index (χ0v) is 23.4. The van der Waals surface area contributed by atoms with Crippen LogP contribution in [0, 0.1) is 13.8 Å². The lowest BCUT2D eigenvalue weighted by molar-refractivity contribution is -0.132. The molecule has 1 aliphatic rings. The van der Waals surface area contributed by atoms with Crippen molar-refractivity contribution in [2.75, 3.05) is 18.6 Å². The Balaban J connectivity index is 1.66. The van der Waals surface area contributed by atoms with E-state index in [1.165, 1.54) is 23.3 Å². The summed E-state index contributed by atoms with van der Waals surface area (Å²) in [5.74, 6) is -1.80. The van der Waals surface area contributed by atoms with E-state index in [0.717, 1.165) is 27.8 Å². The Morgan fingerprint density at radius 3 is 2.35 bits per heavy atom. The molecule has 1 fully saturated rings. The van der Waals surface area contributed by atoms with E-state index in [0.29, 0.717) is 34.2 Å². The first-order chi connectivity index (χ1) is 19.2. The number of aliphatic hydroxyl groups is 1. The maximum atomic E-state index is 13.6. The Bertz CT molecular complexity index is 1650. The predicted molar refractivity (Wildman–Crippen MR) is 154 cm³/mol. The summed E-state index contributed by atoms with van der Waals surface area (Å²) >= 11 is 1.30. The van der Waals surface area contributed by atoms with Gasteiger partial charge in [-0.15, -0.1) is 0 Å². The fourth-order valence-corrected chi connectivity index (χ4v) is 5.98. The van der Waals surface area contributed by atoms with Crippen LogP contribution < -0.4 is 9.64 Å². The van der Waals surface area contributed by atoms with Crippen LogP contribution in [0.1, 0.15) is 52.0 Å². The Morgan fingerprint density at radius 2 is 1.70 bits per heavy atom. The smallest absolute Gasteiger partial charge is 0.337 e. The lowest BCUT2D eigenvalue weighted by Crippen LogP contribution is -2.29. The zero-order valence-electron chi connectivity index (χ0n) is 22.6. The molecule has 204 valence electrons. The van der Waals surface area contributed by atoms with Gasteiger partial charge in [-0.2, -0.15) is 0 Å². The molecule has 5 rings (SSSR count). The Kier molecular flexibility index (Phi) is 7.40. The van der Waals surface area contributed by atoms with Crippen molar-refractivity contribution in [1.82, 2.24) is 4.98 Å². The number of aryl methyl sites for hydroxylation is 2. The normalized spacial score (nSPS) is 16.5. The molecule has 1 saturated heterocycles. The fourth-order valence-electron chi connectivity index (χ4n) is 4.81. The van der Waals surface area contributed by atoms with Gasteiger partial charge in [0.05, 0.1) is 41.1 Å². The van der Waals surface area contributed by atoms with Crippen molar-refractivity contribution in [2.24, 2.45) is 0 Å². The number of hydrogen-bond acceptors (Lipinski definition) is 8. The molecule has 4 aromatic rings. The number of benzene rings is 3. The molecule has 40 heavy (non-hydrogen) atoms. The molecular weight excluding hydrogens is 528 g/mol. The summed E-state index contributed by atoms with van der Waals surface area (Å²) in [5.41, 5.74) is 3.91. The first-order valence-electron chi connectivity index (χ1n) is 12.8. The lowest BCUT2D eigenvalue weighted by Gasteiger charge is -2.23. The van der Waals surface area contributed by atoms with Gasteiger partial charge in [0.1, 0.15) is 11.5 Å². The first kappa shape index (κ1) is 27.1. The third kappa shape index (κ3) is 4.84. The second kappa shape index (κ2) is 10.9. The van der Waals surface area contributed by atoms with Gasteiger partial charge in [0.25, 0.3) is 5.78 Å². The maximum absolute atomic E-state index is 13.6. The monoisotopic (exact) mass is 556 g/mol. The Hall–Kier alpha value is -4.50. The second-order valence-corrected chi connectivity index (χ2v) is 10.6. The number of rotatable bonds is 7. The minimum Gasteiger partial charge on any atom is -0.507 e. The summed E-state index contributed by atoms with van der Waals surface area (Å²) in [6.45, 7) is 6.49. The predicted octanol–water partition coefficient (Wildman–Crippen LogP) is 6.11. The van der Waals surface area contributed by atoms with Gasteiger partial charge in [-0.05, 0) is 79.4 Å². The van der Waals surface area contributed by atoms with E-state index >= 15 is 0 Å². The summed E-state index contributed by atoms with van der Waals surface area (Å²) in [4.78, 5) is 45.2. The average molecular weight is 557 g/mol. The van der Waals surface area contributed by atoms with Gasteiger partial charge in [0, 0.05) is 5.56 Å². The minimum absolute atomic E-state index is 0.0646. The van der Waals surface area contributed by atoms with Crippen LogP contribution >= 0.6 is 11.3 Å². The number of carbonyl (C=O) groups excluding carboxylic acids is 3. The highest BCUT2D eigenvalue weighted by Crippen LogP contribution is 2.45. The number of aliphatic hydroxyl groups excluding tert-OH is 1. The van der Waals surface area contributed by atoms with E-state index in [1.807, 2.05) is 32.9 Å². The summed E-state index contributed by atoms with van der Waals surface area (Å²) in [6.07, 6.45) is 0.852.